The van der Waals surface area contributed by atoms with Crippen LogP contribution < -0.4 is 0 Å². The lowest BCUT2D eigenvalue weighted by molar-refractivity contribution is 0.585. The molecule has 0 amide bonds. The van der Waals surface area contributed by atoms with Gasteiger partial charge < -0.3 is 0 Å². The molecule has 0 aromatic rings. The van der Waals surface area contributed by atoms with Crippen molar-refractivity contribution in [2.45, 2.75) is 32.6 Å². The highest BCUT2D eigenvalue weighted by atomic mass is 14.6. The Morgan fingerprint density at radius 3 is 2.50 bits per heavy atom. The van der Waals surface area contributed by atoms with Gasteiger partial charge in [0.05, 0.1) is 0 Å². The monoisotopic (exact) mass is 136 g/mol. The Morgan fingerprint density at radius 1 is 1.40 bits per heavy atom. The van der Waals surface area contributed by atoms with Crippen LogP contribution in [0.3, 0.4) is 0 Å². The first-order valence-electron chi connectivity index (χ1n) is 4.43. The van der Waals surface area contributed by atoms with Gasteiger partial charge >= 0.3 is 0 Å². The summed E-state index contributed by atoms with van der Waals surface area (Å²) in [7, 11) is 0. The van der Waals surface area contributed by atoms with Crippen molar-refractivity contribution in [3.63, 3.8) is 0 Å². The second-order valence-electron chi connectivity index (χ2n) is 4.08. The maximum atomic E-state index is 3.96. The van der Waals surface area contributed by atoms with Gasteiger partial charge in [0.15, 0.2) is 0 Å². The van der Waals surface area contributed by atoms with Crippen LogP contribution in [0.15, 0.2) is 12.2 Å². The third-order valence-corrected chi connectivity index (χ3v) is 3.17. The minimum absolute atomic E-state index is 1.06. The molecule has 0 radical (unpaired) electrons. The van der Waals surface area contributed by atoms with Gasteiger partial charge in [0.1, 0.15) is 0 Å². The van der Waals surface area contributed by atoms with Gasteiger partial charge in [-0.25, -0.2) is 0 Å². The van der Waals surface area contributed by atoms with Crippen LogP contribution in [-0.2, 0) is 0 Å². The topological polar surface area (TPSA) is 0 Å². The summed E-state index contributed by atoms with van der Waals surface area (Å²) >= 11 is 0. The fraction of sp³-hybridized carbons (Fsp3) is 0.800. The average Bonchev–Trinajstić information content (AvgIpc) is 2.40. The number of fused-ring (bicyclic) bond motifs is 1. The number of hydrogen-bond acceptors (Lipinski definition) is 0. The highest BCUT2D eigenvalue weighted by molar-refractivity contribution is 5.06. The zero-order chi connectivity index (χ0) is 7.14. The fourth-order valence-corrected chi connectivity index (χ4v) is 2.68. The van der Waals surface area contributed by atoms with Gasteiger partial charge in [0.2, 0.25) is 0 Å². The number of hydrogen-bond donors (Lipinski definition) is 0. The predicted octanol–water partition coefficient (Wildman–Crippen LogP) is 3.00. The maximum Gasteiger partial charge on any atom is -0.0292 e. The first-order valence-corrected chi connectivity index (χ1v) is 4.43. The molecular weight excluding hydrogens is 120 g/mol. The van der Waals surface area contributed by atoms with Crippen LogP contribution in [0.5, 0.6) is 0 Å². The van der Waals surface area contributed by atoms with Crippen molar-refractivity contribution >= 4 is 0 Å². The maximum absolute atomic E-state index is 3.96. The number of rotatable bonds is 2. The second-order valence-corrected chi connectivity index (χ2v) is 4.08. The highest BCUT2D eigenvalue weighted by Crippen LogP contribution is 2.59. The van der Waals surface area contributed by atoms with Crippen LogP contribution in [0.2, 0.25) is 0 Å². The van der Waals surface area contributed by atoms with Gasteiger partial charge in [-0.2, -0.15) is 0 Å². The van der Waals surface area contributed by atoms with Gasteiger partial charge in [-0.05, 0) is 43.9 Å². The zero-order valence-electron chi connectivity index (χ0n) is 6.77. The Kier molecular flexibility index (Phi) is 1.36. The van der Waals surface area contributed by atoms with E-state index in [2.05, 4.69) is 13.5 Å². The lowest BCUT2D eigenvalue weighted by Gasteiger charge is -2.00. The van der Waals surface area contributed by atoms with Gasteiger partial charge in [0, 0.05) is 0 Å². The van der Waals surface area contributed by atoms with E-state index < -0.39 is 0 Å². The van der Waals surface area contributed by atoms with Crippen molar-refractivity contribution in [3.8, 4) is 0 Å². The van der Waals surface area contributed by atoms with E-state index in [0.29, 0.717) is 0 Å². The molecule has 2 fully saturated rings. The molecule has 0 saturated heterocycles. The molecule has 0 aromatic carbocycles. The molecule has 0 heterocycles. The quantitative estimate of drug-likeness (QED) is 0.512. The minimum atomic E-state index is 1.06. The lowest BCUT2D eigenvalue weighted by Crippen LogP contribution is -1.87. The van der Waals surface area contributed by atoms with Crippen molar-refractivity contribution < 1.29 is 0 Å². The van der Waals surface area contributed by atoms with Crippen molar-refractivity contribution in [2.75, 3.05) is 0 Å². The Balaban J connectivity index is 1.84. The lowest BCUT2D eigenvalue weighted by atomic mass is 10.1. The molecule has 2 rings (SSSR count). The molecule has 56 valence electrons. The van der Waals surface area contributed by atoms with E-state index in [0.717, 1.165) is 17.8 Å². The summed E-state index contributed by atoms with van der Waals surface area (Å²) in [6, 6.07) is 0. The Bertz CT molecular complexity index is 147. The highest BCUT2D eigenvalue weighted by Gasteiger charge is 2.51. The predicted molar refractivity (Wildman–Crippen MR) is 43.8 cm³/mol. The van der Waals surface area contributed by atoms with E-state index in [1.54, 1.807) is 0 Å². The fourth-order valence-electron chi connectivity index (χ4n) is 2.68. The summed E-state index contributed by atoms with van der Waals surface area (Å²) in [4.78, 5) is 0. The van der Waals surface area contributed by atoms with Crippen molar-refractivity contribution in [1.82, 2.24) is 0 Å². The normalized spacial score (nSPS) is 43.1. The molecule has 10 heavy (non-hydrogen) atoms. The first kappa shape index (κ1) is 6.45. The average molecular weight is 136 g/mol. The summed E-state index contributed by atoms with van der Waals surface area (Å²) in [5.74, 6) is 3.31. The Morgan fingerprint density at radius 2 is 2.00 bits per heavy atom. The molecule has 2 saturated carbocycles. The smallest absolute Gasteiger partial charge is 0.0292 e. The second kappa shape index (κ2) is 2.11. The molecule has 2 atom stereocenters. The van der Waals surface area contributed by atoms with E-state index in [1.807, 2.05) is 0 Å². The van der Waals surface area contributed by atoms with Crippen molar-refractivity contribution in [3.05, 3.63) is 12.2 Å². The van der Waals surface area contributed by atoms with E-state index in [1.165, 1.54) is 31.3 Å². The Labute approximate surface area is 63.3 Å². The van der Waals surface area contributed by atoms with E-state index in [-0.39, 0.29) is 0 Å². The third-order valence-electron chi connectivity index (χ3n) is 3.17. The van der Waals surface area contributed by atoms with Gasteiger partial charge in [-0.3, -0.25) is 0 Å². The summed E-state index contributed by atoms with van der Waals surface area (Å²) in [6.45, 7) is 6.12. The Hall–Kier alpha value is -0.260. The van der Waals surface area contributed by atoms with Gasteiger partial charge in [-0.15, -0.1) is 6.58 Å². The van der Waals surface area contributed by atoms with Crippen molar-refractivity contribution in [1.29, 1.82) is 0 Å². The summed E-state index contributed by atoms with van der Waals surface area (Å²) in [5.41, 5.74) is 1.39. The van der Waals surface area contributed by atoms with E-state index in [4.69, 9.17) is 0 Å². The molecule has 2 aliphatic rings. The summed E-state index contributed by atoms with van der Waals surface area (Å²) in [6.07, 6.45) is 5.85. The molecule has 0 aliphatic heterocycles. The molecule has 2 aliphatic carbocycles. The molecule has 0 N–H and O–H groups in total. The molecule has 0 nitrogen and oxygen atoms in total. The van der Waals surface area contributed by atoms with Crippen molar-refractivity contribution in [2.24, 2.45) is 17.8 Å². The molecule has 2 unspecified atom stereocenters. The standard InChI is InChI=1S/C10H16/c1-7(2)6-10-8-4-3-5-9(8)10/h8-10H,1,3-6H2,2H3. The van der Waals surface area contributed by atoms with Crippen LogP contribution in [-0.4, -0.2) is 0 Å². The van der Waals surface area contributed by atoms with E-state index >= 15 is 0 Å². The number of allylic oxidation sites excluding steroid dienone is 1. The molecule has 0 heteroatoms. The SMILES string of the molecule is C=C(C)CC1C2CCCC21. The zero-order valence-corrected chi connectivity index (χ0v) is 6.77. The third kappa shape index (κ3) is 0.902. The van der Waals surface area contributed by atoms with Crippen LogP contribution >= 0.6 is 0 Å². The van der Waals surface area contributed by atoms with Gasteiger partial charge in [-0.1, -0.05) is 12.0 Å². The van der Waals surface area contributed by atoms with Crippen LogP contribution in [0, 0.1) is 17.8 Å². The van der Waals surface area contributed by atoms with E-state index in [9.17, 15) is 0 Å². The molecule has 0 aromatic heterocycles. The van der Waals surface area contributed by atoms with Crippen LogP contribution in [0.1, 0.15) is 32.6 Å². The summed E-state index contributed by atoms with van der Waals surface area (Å²) in [5, 5.41) is 0. The van der Waals surface area contributed by atoms with Crippen LogP contribution in [0.25, 0.3) is 0 Å². The molecular formula is C10H16. The molecule has 0 spiro atoms. The minimum Gasteiger partial charge on any atom is -0.100 e. The van der Waals surface area contributed by atoms with Gasteiger partial charge in [0.25, 0.3) is 0 Å². The molecule has 0 bridgehead atoms. The summed E-state index contributed by atoms with van der Waals surface area (Å²) < 4.78 is 0. The first-order chi connectivity index (χ1) is 4.79. The van der Waals surface area contributed by atoms with Crippen LogP contribution in [0.4, 0.5) is 0 Å². The largest absolute Gasteiger partial charge is 0.100 e.